The number of carbonyl (C=O) groups is 1. The Labute approximate surface area is 101 Å². The molecule has 0 aliphatic carbocycles. The number of imidazole rings is 1. The number of halogens is 1. The van der Waals surface area contributed by atoms with E-state index < -0.39 is 0 Å². The van der Waals surface area contributed by atoms with Gasteiger partial charge >= 0.3 is 0 Å². The molecule has 2 aromatic heterocycles. The van der Waals surface area contributed by atoms with Crippen LogP contribution in [0.5, 0.6) is 0 Å². The number of nitrogens with one attached hydrogen (secondary N) is 1. The molecule has 1 N–H and O–H groups in total. The van der Waals surface area contributed by atoms with E-state index in [2.05, 4.69) is 31.3 Å². The fourth-order valence-corrected chi connectivity index (χ4v) is 1.70. The van der Waals surface area contributed by atoms with Gasteiger partial charge in [0.15, 0.2) is 5.65 Å². The van der Waals surface area contributed by atoms with Crippen molar-refractivity contribution in [3.63, 3.8) is 0 Å². The SMILES string of the molecule is O=CCCCNc1ccc2ncc(Br)n2n1. The Morgan fingerprint density at radius 3 is 3.19 bits per heavy atom. The molecule has 5 nitrogen and oxygen atoms in total. The molecule has 2 aromatic rings. The monoisotopic (exact) mass is 282 g/mol. The number of carbonyl (C=O) groups excluding carboxylic acids is 1. The predicted molar refractivity (Wildman–Crippen MR) is 64.5 cm³/mol. The number of aldehydes is 1. The molecule has 0 radical (unpaired) electrons. The van der Waals surface area contributed by atoms with Gasteiger partial charge in [-0.25, -0.2) is 9.50 Å². The summed E-state index contributed by atoms with van der Waals surface area (Å²) in [6, 6.07) is 3.76. The van der Waals surface area contributed by atoms with E-state index in [9.17, 15) is 4.79 Å². The van der Waals surface area contributed by atoms with Gasteiger partial charge in [-0.2, -0.15) is 0 Å². The van der Waals surface area contributed by atoms with Crippen LogP contribution in [0.15, 0.2) is 22.9 Å². The molecule has 0 aromatic carbocycles. The van der Waals surface area contributed by atoms with Crippen LogP contribution in [0.25, 0.3) is 5.65 Å². The van der Waals surface area contributed by atoms with Crippen LogP contribution in [0.3, 0.4) is 0 Å². The highest BCUT2D eigenvalue weighted by atomic mass is 79.9. The number of unbranched alkanes of at least 4 members (excludes halogenated alkanes) is 1. The summed E-state index contributed by atoms with van der Waals surface area (Å²) >= 11 is 3.36. The van der Waals surface area contributed by atoms with Gasteiger partial charge in [0.2, 0.25) is 0 Å². The summed E-state index contributed by atoms with van der Waals surface area (Å²) in [5.74, 6) is 0.775. The van der Waals surface area contributed by atoms with Gasteiger partial charge < -0.3 is 10.1 Å². The Morgan fingerprint density at radius 2 is 2.38 bits per heavy atom. The van der Waals surface area contributed by atoms with Gasteiger partial charge in [0.05, 0.1) is 6.20 Å². The van der Waals surface area contributed by atoms with Crippen molar-refractivity contribution in [2.24, 2.45) is 0 Å². The maximum atomic E-state index is 10.1. The number of hydrogen-bond acceptors (Lipinski definition) is 4. The van der Waals surface area contributed by atoms with E-state index in [1.165, 1.54) is 0 Å². The molecule has 0 atom stereocenters. The molecule has 2 heterocycles. The average molecular weight is 283 g/mol. The topological polar surface area (TPSA) is 59.3 Å². The van der Waals surface area contributed by atoms with E-state index in [0.29, 0.717) is 6.42 Å². The zero-order chi connectivity index (χ0) is 11.4. The standard InChI is InChI=1S/C10H11BrN4O/c11-8-7-13-10-4-3-9(14-15(8)10)12-5-1-2-6-16/h3-4,6-7H,1-2,5H2,(H,12,14). The molecule has 6 heteroatoms. The van der Waals surface area contributed by atoms with Crippen LogP contribution in [0, 0.1) is 0 Å². The lowest BCUT2D eigenvalue weighted by molar-refractivity contribution is -0.107. The van der Waals surface area contributed by atoms with E-state index in [-0.39, 0.29) is 0 Å². The van der Waals surface area contributed by atoms with E-state index in [4.69, 9.17) is 0 Å². The van der Waals surface area contributed by atoms with Crippen LogP contribution in [0.1, 0.15) is 12.8 Å². The Balaban J connectivity index is 2.07. The molecule has 0 spiro atoms. The molecule has 0 aliphatic heterocycles. The summed E-state index contributed by atoms with van der Waals surface area (Å²) in [6.45, 7) is 0.740. The molecule has 0 fully saturated rings. The summed E-state index contributed by atoms with van der Waals surface area (Å²) in [7, 11) is 0. The molecule has 0 amide bonds. The predicted octanol–water partition coefficient (Wildman–Crippen LogP) is 1.88. The maximum Gasteiger partial charge on any atom is 0.154 e. The Morgan fingerprint density at radius 1 is 1.50 bits per heavy atom. The van der Waals surface area contributed by atoms with Crippen molar-refractivity contribution in [1.82, 2.24) is 14.6 Å². The van der Waals surface area contributed by atoms with Crippen molar-refractivity contribution in [3.8, 4) is 0 Å². The van der Waals surface area contributed by atoms with Crippen LogP contribution >= 0.6 is 15.9 Å². The third-order valence-electron chi connectivity index (χ3n) is 2.13. The highest BCUT2D eigenvalue weighted by molar-refractivity contribution is 9.10. The third-order valence-corrected chi connectivity index (χ3v) is 2.67. The summed E-state index contributed by atoms with van der Waals surface area (Å²) in [4.78, 5) is 14.3. The number of aromatic nitrogens is 3. The quantitative estimate of drug-likeness (QED) is 0.672. The van der Waals surface area contributed by atoms with Crippen molar-refractivity contribution in [2.45, 2.75) is 12.8 Å². The molecule has 0 saturated carbocycles. The van der Waals surface area contributed by atoms with Crippen molar-refractivity contribution in [3.05, 3.63) is 22.9 Å². The summed E-state index contributed by atoms with van der Waals surface area (Å²) < 4.78 is 2.53. The van der Waals surface area contributed by atoms with Crippen LogP contribution in [0.4, 0.5) is 5.82 Å². The van der Waals surface area contributed by atoms with E-state index in [1.54, 1.807) is 10.7 Å². The van der Waals surface area contributed by atoms with Gasteiger partial charge in [0.1, 0.15) is 16.7 Å². The first-order chi connectivity index (χ1) is 7.81. The second-order valence-electron chi connectivity index (χ2n) is 3.31. The van der Waals surface area contributed by atoms with Gasteiger partial charge in [-0.1, -0.05) is 0 Å². The lowest BCUT2D eigenvalue weighted by Gasteiger charge is -2.04. The third kappa shape index (κ3) is 2.38. The van der Waals surface area contributed by atoms with Gasteiger partial charge in [-0.3, -0.25) is 0 Å². The molecule has 16 heavy (non-hydrogen) atoms. The number of fused-ring (bicyclic) bond motifs is 1. The molecule has 0 bridgehead atoms. The van der Waals surface area contributed by atoms with Gasteiger partial charge in [0.25, 0.3) is 0 Å². The van der Waals surface area contributed by atoms with Gasteiger partial charge in [-0.05, 0) is 34.5 Å². The first kappa shape index (κ1) is 11.1. The summed E-state index contributed by atoms with van der Waals surface area (Å²) in [6.07, 6.45) is 4.02. The van der Waals surface area contributed by atoms with Crippen LogP contribution in [-0.4, -0.2) is 27.4 Å². The molecular weight excluding hydrogens is 272 g/mol. The number of nitrogens with zero attached hydrogens (tertiary/aromatic N) is 3. The van der Waals surface area contributed by atoms with Crippen molar-refractivity contribution >= 4 is 33.7 Å². The second kappa shape index (κ2) is 5.07. The van der Waals surface area contributed by atoms with Crippen molar-refractivity contribution in [2.75, 3.05) is 11.9 Å². The molecule has 0 unspecified atom stereocenters. The van der Waals surface area contributed by atoms with Crippen LogP contribution in [-0.2, 0) is 4.79 Å². The fraction of sp³-hybridized carbons (Fsp3) is 0.300. The zero-order valence-corrected chi connectivity index (χ0v) is 10.1. The van der Waals surface area contributed by atoms with E-state index in [1.807, 2.05) is 12.1 Å². The van der Waals surface area contributed by atoms with Gasteiger partial charge in [-0.15, -0.1) is 5.10 Å². The molecule has 2 rings (SSSR count). The minimum absolute atomic E-state index is 0.573. The Hall–Kier alpha value is -1.43. The average Bonchev–Trinajstić information content (AvgIpc) is 2.67. The summed E-state index contributed by atoms with van der Waals surface area (Å²) in [5.41, 5.74) is 0.797. The smallest absolute Gasteiger partial charge is 0.154 e. The van der Waals surface area contributed by atoms with Gasteiger partial charge in [0, 0.05) is 13.0 Å². The zero-order valence-electron chi connectivity index (χ0n) is 8.56. The maximum absolute atomic E-state index is 10.1. The first-order valence-electron chi connectivity index (χ1n) is 4.99. The van der Waals surface area contributed by atoms with E-state index >= 15 is 0 Å². The van der Waals surface area contributed by atoms with Crippen LogP contribution < -0.4 is 5.32 Å². The molecule has 84 valence electrons. The van der Waals surface area contributed by atoms with Crippen molar-refractivity contribution in [1.29, 1.82) is 0 Å². The highest BCUT2D eigenvalue weighted by Crippen LogP contribution is 2.13. The lowest BCUT2D eigenvalue weighted by atomic mass is 10.3. The van der Waals surface area contributed by atoms with Crippen molar-refractivity contribution < 1.29 is 4.79 Å². The minimum atomic E-state index is 0.573. The number of hydrogen-bond donors (Lipinski definition) is 1. The molecule has 0 saturated heterocycles. The Bertz CT molecular complexity index is 497. The highest BCUT2D eigenvalue weighted by Gasteiger charge is 2.02. The minimum Gasteiger partial charge on any atom is -0.369 e. The fourth-order valence-electron chi connectivity index (χ4n) is 1.34. The number of anilines is 1. The summed E-state index contributed by atoms with van der Waals surface area (Å²) in [5, 5.41) is 7.49. The first-order valence-corrected chi connectivity index (χ1v) is 5.78. The second-order valence-corrected chi connectivity index (χ2v) is 4.12. The van der Waals surface area contributed by atoms with Crippen LogP contribution in [0.2, 0.25) is 0 Å². The lowest BCUT2D eigenvalue weighted by Crippen LogP contribution is -2.05. The molecular formula is C10H11BrN4O. The molecule has 0 aliphatic rings. The van der Waals surface area contributed by atoms with E-state index in [0.717, 1.165) is 35.3 Å². The Kier molecular flexibility index (Phi) is 3.51. The largest absolute Gasteiger partial charge is 0.369 e. The normalized spacial score (nSPS) is 10.6. The number of rotatable bonds is 5.